The van der Waals surface area contributed by atoms with Crippen LogP contribution < -0.4 is 15.5 Å². The van der Waals surface area contributed by atoms with Crippen LogP contribution in [0.4, 0.5) is 23.0 Å². The van der Waals surface area contributed by atoms with Gasteiger partial charge < -0.3 is 25.4 Å². The molecule has 33 heavy (non-hydrogen) atoms. The van der Waals surface area contributed by atoms with Crippen LogP contribution in [0.5, 0.6) is 0 Å². The Hall–Kier alpha value is -3.49. The summed E-state index contributed by atoms with van der Waals surface area (Å²) in [5.41, 5.74) is 2.95. The van der Waals surface area contributed by atoms with E-state index < -0.39 is 11.5 Å². The zero-order valence-electron chi connectivity index (χ0n) is 18.9. The Morgan fingerprint density at radius 2 is 1.73 bits per heavy atom. The van der Waals surface area contributed by atoms with Crippen molar-refractivity contribution in [2.24, 2.45) is 0 Å². The van der Waals surface area contributed by atoms with Crippen molar-refractivity contribution in [1.29, 1.82) is 0 Å². The zero-order valence-corrected chi connectivity index (χ0v) is 18.9. The minimum Gasteiger partial charge on any atom is -0.380 e. The standard InChI is InChI=1S/C25H29N5O3/c1-3-25(2,32)23(31)27-19-6-4-18(5-7-19)22-12-13-26-24(29-22)28-20-8-10-21(11-9-20)30-14-16-33-17-15-30/h4-13,32H,3,14-17H2,1-2H3,(H,27,31)(H,26,28,29). The number of aliphatic hydroxyl groups is 1. The highest BCUT2D eigenvalue weighted by molar-refractivity contribution is 5.96. The highest BCUT2D eigenvalue weighted by atomic mass is 16.5. The van der Waals surface area contributed by atoms with Crippen molar-refractivity contribution < 1.29 is 14.6 Å². The van der Waals surface area contributed by atoms with Gasteiger partial charge in [0.15, 0.2) is 0 Å². The van der Waals surface area contributed by atoms with E-state index in [2.05, 4.69) is 37.6 Å². The predicted octanol–water partition coefficient (Wildman–Crippen LogP) is 3.82. The summed E-state index contributed by atoms with van der Waals surface area (Å²) in [5.74, 6) is 0.0777. The van der Waals surface area contributed by atoms with E-state index in [0.29, 0.717) is 18.1 Å². The lowest BCUT2D eigenvalue weighted by Crippen LogP contribution is -2.39. The summed E-state index contributed by atoms with van der Waals surface area (Å²) in [7, 11) is 0. The van der Waals surface area contributed by atoms with E-state index in [0.717, 1.165) is 43.2 Å². The molecule has 0 radical (unpaired) electrons. The molecule has 1 aliphatic heterocycles. The Morgan fingerprint density at radius 1 is 1.06 bits per heavy atom. The van der Waals surface area contributed by atoms with Crippen LogP contribution in [0.25, 0.3) is 11.3 Å². The maximum Gasteiger partial charge on any atom is 0.256 e. The van der Waals surface area contributed by atoms with Gasteiger partial charge in [-0.2, -0.15) is 0 Å². The third kappa shape index (κ3) is 5.66. The van der Waals surface area contributed by atoms with Crippen LogP contribution >= 0.6 is 0 Å². The molecule has 1 aliphatic rings. The molecule has 3 aromatic rings. The lowest BCUT2D eigenvalue weighted by Gasteiger charge is -2.28. The molecule has 1 atom stereocenters. The maximum atomic E-state index is 12.2. The lowest BCUT2D eigenvalue weighted by atomic mass is 10.0. The highest BCUT2D eigenvalue weighted by Gasteiger charge is 2.27. The number of rotatable bonds is 7. The van der Waals surface area contributed by atoms with Gasteiger partial charge in [-0.15, -0.1) is 0 Å². The van der Waals surface area contributed by atoms with Gasteiger partial charge in [0.05, 0.1) is 18.9 Å². The number of nitrogens with zero attached hydrogens (tertiary/aromatic N) is 3. The maximum absolute atomic E-state index is 12.2. The molecule has 0 spiro atoms. The molecule has 3 N–H and O–H groups in total. The van der Waals surface area contributed by atoms with E-state index in [9.17, 15) is 9.90 Å². The molecule has 1 unspecified atom stereocenters. The molecule has 0 saturated carbocycles. The van der Waals surface area contributed by atoms with Crippen molar-refractivity contribution in [1.82, 2.24) is 9.97 Å². The fourth-order valence-electron chi connectivity index (χ4n) is 3.44. The Bertz CT molecular complexity index is 1080. The molecule has 4 rings (SSSR count). The minimum atomic E-state index is -1.40. The molecule has 0 bridgehead atoms. The number of aromatic nitrogens is 2. The van der Waals surface area contributed by atoms with Crippen molar-refractivity contribution in [2.45, 2.75) is 25.9 Å². The van der Waals surface area contributed by atoms with Gasteiger partial charge in [-0.25, -0.2) is 9.97 Å². The highest BCUT2D eigenvalue weighted by Crippen LogP contribution is 2.24. The number of benzene rings is 2. The molecule has 1 amide bonds. The Balaban J connectivity index is 1.42. The average molecular weight is 448 g/mol. The Kier molecular flexibility index (Phi) is 6.86. The SMILES string of the molecule is CCC(C)(O)C(=O)Nc1ccc(-c2ccnc(Nc3ccc(N4CCOCC4)cc3)n2)cc1. The van der Waals surface area contributed by atoms with Crippen LogP contribution in [-0.2, 0) is 9.53 Å². The molecule has 0 aliphatic carbocycles. The largest absolute Gasteiger partial charge is 0.380 e. The van der Waals surface area contributed by atoms with Crippen LogP contribution in [0, 0.1) is 0 Å². The summed E-state index contributed by atoms with van der Waals surface area (Å²) < 4.78 is 5.41. The Labute approximate surface area is 193 Å². The van der Waals surface area contributed by atoms with Crippen LogP contribution in [0.3, 0.4) is 0 Å². The molecule has 8 heteroatoms. The lowest BCUT2D eigenvalue weighted by molar-refractivity contribution is -0.132. The second-order valence-electron chi connectivity index (χ2n) is 8.20. The van der Waals surface area contributed by atoms with Crippen LogP contribution in [0.1, 0.15) is 20.3 Å². The van der Waals surface area contributed by atoms with Crippen LogP contribution in [-0.4, -0.2) is 52.9 Å². The van der Waals surface area contributed by atoms with Gasteiger partial charge in [-0.1, -0.05) is 19.1 Å². The second-order valence-corrected chi connectivity index (χ2v) is 8.20. The third-order valence-electron chi connectivity index (χ3n) is 5.77. The summed E-state index contributed by atoms with van der Waals surface area (Å²) in [6, 6.07) is 17.4. The van der Waals surface area contributed by atoms with Crippen LogP contribution in [0.15, 0.2) is 60.8 Å². The summed E-state index contributed by atoms with van der Waals surface area (Å²) in [6.45, 7) is 6.59. The number of nitrogens with one attached hydrogen (secondary N) is 2. The minimum absolute atomic E-state index is 0.337. The third-order valence-corrected chi connectivity index (χ3v) is 5.77. The number of carbonyl (C=O) groups is 1. The monoisotopic (exact) mass is 447 g/mol. The van der Waals surface area contributed by atoms with E-state index in [1.54, 1.807) is 25.3 Å². The molecular formula is C25H29N5O3. The normalized spacial score (nSPS) is 15.5. The molecule has 1 fully saturated rings. The predicted molar refractivity (Wildman–Crippen MR) is 130 cm³/mol. The molecule has 2 heterocycles. The number of carbonyl (C=O) groups excluding carboxylic acids is 1. The summed E-state index contributed by atoms with van der Waals surface area (Å²) in [4.78, 5) is 23.4. The molecule has 172 valence electrons. The first-order valence-corrected chi connectivity index (χ1v) is 11.1. The first-order valence-electron chi connectivity index (χ1n) is 11.1. The van der Waals surface area contributed by atoms with Crippen molar-refractivity contribution in [3.63, 3.8) is 0 Å². The number of ether oxygens (including phenoxy) is 1. The molecule has 1 aromatic heterocycles. The first kappa shape index (κ1) is 22.7. The van der Waals surface area contributed by atoms with E-state index >= 15 is 0 Å². The number of morpholine rings is 1. The van der Waals surface area contributed by atoms with Crippen molar-refractivity contribution in [3.05, 3.63) is 60.8 Å². The molecule has 8 nitrogen and oxygen atoms in total. The summed E-state index contributed by atoms with van der Waals surface area (Å²) in [6.07, 6.45) is 2.05. The van der Waals surface area contributed by atoms with E-state index in [1.807, 2.05) is 30.3 Å². The topological polar surface area (TPSA) is 99.6 Å². The van der Waals surface area contributed by atoms with E-state index in [-0.39, 0.29) is 0 Å². The van der Waals surface area contributed by atoms with Crippen molar-refractivity contribution in [3.8, 4) is 11.3 Å². The summed E-state index contributed by atoms with van der Waals surface area (Å²) in [5, 5.41) is 16.1. The van der Waals surface area contributed by atoms with Crippen molar-refractivity contribution in [2.75, 3.05) is 41.8 Å². The van der Waals surface area contributed by atoms with E-state index in [4.69, 9.17) is 4.74 Å². The van der Waals surface area contributed by atoms with Crippen molar-refractivity contribution >= 4 is 28.9 Å². The number of hydrogen-bond donors (Lipinski definition) is 3. The van der Waals surface area contributed by atoms with Gasteiger partial charge in [0, 0.05) is 41.9 Å². The number of hydrogen-bond acceptors (Lipinski definition) is 7. The Morgan fingerprint density at radius 3 is 2.39 bits per heavy atom. The van der Waals surface area contributed by atoms with Gasteiger partial charge in [0.25, 0.3) is 5.91 Å². The molecular weight excluding hydrogens is 418 g/mol. The zero-order chi connectivity index (χ0) is 23.3. The molecule has 2 aromatic carbocycles. The quantitative estimate of drug-likeness (QED) is 0.506. The first-order chi connectivity index (χ1) is 15.9. The van der Waals surface area contributed by atoms with Crippen LogP contribution in [0.2, 0.25) is 0 Å². The van der Waals surface area contributed by atoms with E-state index in [1.165, 1.54) is 12.6 Å². The average Bonchev–Trinajstić information content (AvgIpc) is 2.85. The van der Waals surface area contributed by atoms with Gasteiger partial charge in [0.2, 0.25) is 5.95 Å². The fraction of sp³-hybridized carbons (Fsp3) is 0.320. The van der Waals surface area contributed by atoms with Gasteiger partial charge >= 0.3 is 0 Å². The summed E-state index contributed by atoms with van der Waals surface area (Å²) >= 11 is 0. The van der Waals surface area contributed by atoms with Gasteiger partial charge in [-0.3, -0.25) is 4.79 Å². The van der Waals surface area contributed by atoms with Gasteiger partial charge in [0.1, 0.15) is 5.60 Å². The van der Waals surface area contributed by atoms with Gasteiger partial charge in [-0.05, 0) is 55.8 Å². The number of anilines is 4. The molecule has 1 saturated heterocycles. The smallest absolute Gasteiger partial charge is 0.256 e. The fourth-order valence-corrected chi connectivity index (χ4v) is 3.44. The second kappa shape index (κ2) is 9.97. The number of amides is 1.